The summed E-state index contributed by atoms with van der Waals surface area (Å²) in [5.41, 5.74) is 1.81. The number of fused-ring (bicyclic) bond motifs is 1. The number of hydrogen-bond acceptors (Lipinski definition) is 4. The van der Waals surface area contributed by atoms with Gasteiger partial charge in [-0.25, -0.2) is 8.42 Å². The normalized spacial score (nSPS) is 20.4. The molecule has 0 bridgehead atoms. The summed E-state index contributed by atoms with van der Waals surface area (Å²) in [6, 6.07) is 5.19. The van der Waals surface area contributed by atoms with Crippen LogP contribution in [0.5, 0.6) is 0 Å². The van der Waals surface area contributed by atoms with E-state index in [0.717, 1.165) is 11.1 Å². The van der Waals surface area contributed by atoms with Crippen molar-refractivity contribution in [3.63, 3.8) is 0 Å². The molecule has 0 saturated carbocycles. The zero-order chi connectivity index (χ0) is 15.1. The van der Waals surface area contributed by atoms with Crippen molar-refractivity contribution < 1.29 is 13.0 Å². The third-order valence-electron chi connectivity index (χ3n) is 3.43. The Kier molecular flexibility index (Phi) is 4.22. The first-order valence-corrected chi connectivity index (χ1v) is 9.46. The maximum absolute atomic E-state index is 12.2. The molecule has 1 aliphatic heterocycles. The van der Waals surface area contributed by atoms with Crippen molar-refractivity contribution >= 4 is 21.2 Å². The van der Waals surface area contributed by atoms with E-state index in [1.54, 1.807) is 12.1 Å². The molecule has 112 valence electrons. The van der Waals surface area contributed by atoms with Crippen LogP contribution in [0.1, 0.15) is 44.9 Å². The van der Waals surface area contributed by atoms with Crippen molar-refractivity contribution in [1.29, 1.82) is 0 Å². The summed E-state index contributed by atoms with van der Waals surface area (Å²) in [6.07, 6.45) is 0.544. The van der Waals surface area contributed by atoms with E-state index < -0.39 is 21.2 Å². The maximum Gasteiger partial charge on any atom is 0.178 e. The summed E-state index contributed by atoms with van der Waals surface area (Å²) in [7, 11) is -3.12. The first kappa shape index (κ1) is 15.8. The molecule has 0 saturated heterocycles. The summed E-state index contributed by atoms with van der Waals surface area (Å²) < 4.78 is 38.7. The number of rotatable bonds is 3. The minimum atomic E-state index is -3.12. The molecule has 2 atom stereocenters. The lowest BCUT2D eigenvalue weighted by atomic mass is 10.0. The van der Waals surface area contributed by atoms with Crippen molar-refractivity contribution in [2.45, 2.75) is 49.8 Å². The van der Waals surface area contributed by atoms with E-state index in [1.165, 1.54) is 0 Å². The van der Waals surface area contributed by atoms with Gasteiger partial charge in [0.2, 0.25) is 0 Å². The fourth-order valence-electron chi connectivity index (χ4n) is 2.29. The molecule has 1 aromatic rings. The van der Waals surface area contributed by atoms with Gasteiger partial charge in [0.15, 0.2) is 9.84 Å². The second-order valence-electron chi connectivity index (χ2n) is 6.11. The highest BCUT2D eigenvalue weighted by Gasteiger charge is 2.32. The number of benzene rings is 1. The molecule has 1 aliphatic rings. The van der Waals surface area contributed by atoms with Crippen LogP contribution in [0, 0.1) is 0 Å². The highest BCUT2D eigenvalue weighted by molar-refractivity contribution is 7.91. The fourth-order valence-corrected chi connectivity index (χ4v) is 4.67. The Morgan fingerprint density at radius 2 is 2.00 bits per heavy atom. The number of hydrogen-bond donors (Lipinski definition) is 1. The predicted molar refractivity (Wildman–Crippen MR) is 81.6 cm³/mol. The van der Waals surface area contributed by atoms with Gasteiger partial charge in [-0.05, 0) is 51.3 Å². The van der Waals surface area contributed by atoms with Gasteiger partial charge in [-0.1, -0.05) is 12.1 Å². The summed E-state index contributed by atoms with van der Waals surface area (Å²) in [5, 5.41) is 0. The molecule has 0 spiro atoms. The maximum atomic E-state index is 12.2. The Balaban J connectivity index is 2.29. The van der Waals surface area contributed by atoms with Crippen LogP contribution in [-0.4, -0.2) is 23.5 Å². The van der Waals surface area contributed by atoms with Crippen LogP contribution in [0.25, 0.3) is 0 Å². The first-order chi connectivity index (χ1) is 9.13. The minimum Gasteiger partial charge on any atom is -0.598 e. The van der Waals surface area contributed by atoms with E-state index in [2.05, 4.69) is 4.72 Å². The lowest BCUT2D eigenvalue weighted by Crippen LogP contribution is -2.40. The van der Waals surface area contributed by atoms with Gasteiger partial charge in [-0.15, -0.1) is 4.72 Å². The fraction of sp³-hybridized carbons (Fsp3) is 0.571. The monoisotopic (exact) mass is 315 g/mol. The van der Waals surface area contributed by atoms with E-state index in [4.69, 9.17) is 0 Å². The zero-order valence-electron chi connectivity index (χ0n) is 12.3. The molecular formula is C14H21NO3S2. The van der Waals surface area contributed by atoms with Crippen LogP contribution in [0.3, 0.4) is 0 Å². The van der Waals surface area contributed by atoms with Crippen molar-refractivity contribution in [1.82, 2.24) is 4.72 Å². The summed E-state index contributed by atoms with van der Waals surface area (Å²) in [6.45, 7) is 7.64. The first-order valence-electron chi connectivity index (χ1n) is 6.65. The molecular weight excluding hydrogens is 294 g/mol. The molecule has 2 rings (SSSR count). The van der Waals surface area contributed by atoms with Crippen molar-refractivity contribution in [3.05, 3.63) is 29.3 Å². The molecule has 0 amide bonds. The summed E-state index contributed by atoms with van der Waals surface area (Å²) in [4.78, 5) is 0.435. The van der Waals surface area contributed by atoms with Crippen molar-refractivity contribution in [2.24, 2.45) is 0 Å². The molecule has 0 radical (unpaired) electrons. The Labute approximate surface area is 124 Å². The second-order valence-corrected chi connectivity index (χ2v) is 10.2. The van der Waals surface area contributed by atoms with Crippen molar-refractivity contribution in [3.8, 4) is 0 Å². The quantitative estimate of drug-likeness (QED) is 0.868. The molecule has 1 heterocycles. The SMILES string of the molecule is CC(N[S+]([O-])C(C)(C)C)c1cccc2c1CCS2(=O)=O. The van der Waals surface area contributed by atoms with Gasteiger partial charge in [-0.3, -0.25) is 0 Å². The molecule has 2 unspecified atom stereocenters. The molecule has 4 nitrogen and oxygen atoms in total. The summed E-state index contributed by atoms with van der Waals surface area (Å²) in [5.74, 6) is 0.175. The van der Waals surface area contributed by atoms with E-state index in [1.807, 2.05) is 33.8 Å². The van der Waals surface area contributed by atoms with Gasteiger partial charge in [0.25, 0.3) is 0 Å². The number of nitrogens with one attached hydrogen (secondary N) is 1. The topological polar surface area (TPSA) is 69.2 Å². The summed E-state index contributed by atoms with van der Waals surface area (Å²) >= 11 is -1.18. The molecule has 6 heteroatoms. The van der Waals surface area contributed by atoms with Gasteiger partial charge in [0, 0.05) is 11.4 Å². The highest BCUT2D eigenvalue weighted by atomic mass is 32.2. The number of sulfone groups is 1. The minimum absolute atomic E-state index is 0.140. The Morgan fingerprint density at radius 3 is 2.60 bits per heavy atom. The van der Waals surface area contributed by atoms with Gasteiger partial charge < -0.3 is 4.55 Å². The van der Waals surface area contributed by atoms with Crippen LogP contribution in [0.2, 0.25) is 0 Å². The van der Waals surface area contributed by atoms with Crippen LogP contribution >= 0.6 is 0 Å². The van der Waals surface area contributed by atoms with Gasteiger partial charge in [-0.2, -0.15) is 0 Å². The molecule has 0 fully saturated rings. The van der Waals surface area contributed by atoms with Gasteiger partial charge >= 0.3 is 0 Å². The van der Waals surface area contributed by atoms with Gasteiger partial charge in [0.05, 0.1) is 16.7 Å². The molecule has 0 aromatic heterocycles. The highest BCUT2D eigenvalue weighted by Crippen LogP contribution is 2.32. The van der Waals surface area contributed by atoms with Gasteiger partial charge in [0.1, 0.15) is 4.75 Å². The average Bonchev–Trinajstić information content (AvgIpc) is 2.64. The Hall–Kier alpha value is -0.560. The Morgan fingerprint density at radius 1 is 1.35 bits per heavy atom. The van der Waals surface area contributed by atoms with E-state index in [9.17, 15) is 13.0 Å². The lowest BCUT2D eigenvalue weighted by Gasteiger charge is -2.27. The third kappa shape index (κ3) is 3.03. The molecule has 20 heavy (non-hydrogen) atoms. The Bertz CT molecular complexity index is 605. The van der Waals surface area contributed by atoms with Crippen LogP contribution in [0.4, 0.5) is 0 Å². The van der Waals surface area contributed by atoms with Crippen LogP contribution < -0.4 is 4.72 Å². The lowest BCUT2D eigenvalue weighted by molar-refractivity contribution is 0.530. The van der Waals surface area contributed by atoms with E-state index >= 15 is 0 Å². The van der Waals surface area contributed by atoms with E-state index in [0.29, 0.717) is 11.3 Å². The average molecular weight is 315 g/mol. The largest absolute Gasteiger partial charge is 0.598 e. The molecule has 1 aromatic carbocycles. The van der Waals surface area contributed by atoms with Crippen LogP contribution in [-0.2, 0) is 27.6 Å². The second kappa shape index (κ2) is 5.33. The zero-order valence-corrected chi connectivity index (χ0v) is 13.9. The smallest absolute Gasteiger partial charge is 0.178 e. The third-order valence-corrected chi connectivity index (χ3v) is 6.91. The predicted octanol–water partition coefficient (Wildman–Crippen LogP) is 2.13. The standard InChI is InChI=1S/C14H21NO3S2/c1-10(15-19(16)14(2,3)4)11-6-5-7-13-12(11)8-9-20(13,17)18/h5-7,10,15H,8-9H2,1-4H3. The molecule has 1 N–H and O–H groups in total. The molecule has 0 aliphatic carbocycles. The van der Waals surface area contributed by atoms with Crippen LogP contribution in [0.15, 0.2) is 23.1 Å². The van der Waals surface area contributed by atoms with E-state index in [-0.39, 0.29) is 16.5 Å². The van der Waals surface area contributed by atoms with Crippen molar-refractivity contribution in [2.75, 3.05) is 5.75 Å².